The number of nitrogens with zero attached hydrogens (tertiary/aromatic N) is 2. The Morgan fingerprint density at radius 2 is 1.95 bits per heavy atom. The molecule has 1 heterocycles. The maximum absolute atomic E-state index is 10.8. The number of aromatic nitrogens is 1. The first kappa shape index (κ1) is 15.1. The summed E-state index contributed by atoms with van der Waals surface area (Å²) < 4.78 is 5.48. The zero-order valence-corrected chi connectivity index (χ0v) is 12.3. The summed E-state index contributed by atoms with van der Waals surface area (Å²) in [6.45, 7) is 0. The van der Waals surface area contributed by atoms with Gasteiger partial charge in [0.1, 0.15) is 11.9 Å². The Hall–Kier alpha value is -2.25. The number of pyridine rings is 1. The number of anilines is 2. The van der Waals surface area contributed by atoms with Crippen molar-refractivity contribution < 1.29 is 9.66 Å². The average Bonchev–Trinajstić information content (AvgIpc) is 2.42. The molecule has 110 valence electrons. The summed E-state index contributed by atoms with van der Waals surface area (Å²) in [7, 11) is 1.55. The van der Waals surface area contributed by atoms with E-state index in [1.165, 1.54) is 18.2 Å². The maximum Gasteiger partial charge on any atom is 0.310 e. The lowest BCUT2D eigenvalue weighted by atomic mass is 10.3. The van der Waals surface area contributed by atoms with E-state index in [0.29, 0.717) is 5.69 Å². The quantitative estimate of drug-likeness (QED) is 0.503. The Morgan fingerprint density at radius 3 is 2.48 bits per heavy atom. The minimum Gasteiger partial charge on any atom is -0.436 e. The molecule has 3 N–H and O–H groups in total. The van der Waals surface area contributed by atoms with Crippen LogP contribution in [0.2, 0.25) is 10.0 Å². The Balaban J connectivity index is 2.39. The second-order valence-corrected chi connectivity index (χ2v) is 4.78. The van der Waals surface area contributed by atoms with Gasteiger partial charge in [0, 0.05) is 18.8 Å². The second kappa shape index (κ2) is 6.02. The molecule has 0 saturated heterocycles. The molecule has 0 bridgehead atoms. The number of nitrogen functional groups attached to an aromatic ring is 1. The number of halogens is 2. The molecule has 0 unspecified atom stereocenters. The van der Waals surface area contributed by atoms with Crippen molar-refractivity contribution in [1.82, 2.24) is 4.98 Å². The third-order valence-electron chi connectivity index (χ3n) is 2.55. The van der Waals surface area contributed by atoms with Crippen LogP contribution in [0.5, 0.6) is 11.6 Å². The number of nitrogens with one attached hydrogen (secondary N) is 1. The molecular weight excluding hydrogens is 319 g/mol. The van der Waals surface area contributed by atoms with Gasteiger partial charge in [0.15, 0.2) is 5.75 Å². The monoisotopic (exact) mass is 328 g/mol. The topological polar surface area (TPSA) is 103 Å². The number of benzene rings is 1. The Kier molecular flexibility index (Phi) is 4.35. The first-order valence-corrected chi connectivity index (χ1v) is 6.42. The SMILES string of the molecule is CNc1cc(Oc2c(Cl)cc(N)cc2Cl)ncc1[N+](=O)[O-]. The molecule has 7 nitrogen and oxygen atoms in total. The third-order valence-corrected chi connectivity index (χ3v) is 3.11. The number of hydrogen-bond acceptors (Lipinski definition) is 6. The first-order valence-electron chi connectivity index (χ1n) is 5.67. The molecule has 0 fully saturated rings. The molecule has 21 heavy (non-hydrogen) atoms. The van der Waals surface area contributed by atoms with Crippen LogP contribution in [0.1, 0.15) is 0 Å². The van der Waals surface area contributed by atoms with Crippen molar-refractivity contribution in [3.63, 3.8) is 0 Å². The average molecular weight is 329 g/mol. The maximum atomic E-state index is 10.8. The van der Waals surface area contributed by atoms with Crippen molar-refractivity contribution in [2.45, 2.75) is 0 Å². The molecule has 0 saturated carbocycles. The number of rotatable bonds is 4. The Morgan fingerprint density at radius 1 is 1.33 bits per heavy atom. The molecule has 0 atom stereocenters. The lowest BCUT2D eigenvalue weighted by molar-refractivity contribution is -0.384. The van der Waals surface area contributed by atoms with E-state index < -0.39 is 4.92 Å². The highest BCUT2D eigenvalue weighted by Crippen LogP contribution is 2.38. The van der Waals surface area contributed by atoms with E-state index in [1.54, 1.807) is 7.05 Å². The second-order valence-electron chi connectivity index (χ2n) is 3.96. The van der Waals surface area contributed by atoms with Crippen molar-refractivity contribution in [2.24, 2.45) is 0 Å². The summed E-state index contributed by atoms with van der Waals surface area (Å²) in [6.07, 6.45) is 1.08. The van der Waals surface area contributed by atoms with Crippen LogP contribution in [-0.2, 0) is 0 Å². The largest absolute Gasteiger partial charge is 0.436 e. The van der Waals surface area contributed by atoms with Crippen LogP contribution < -0.4 is 15.8 Å². The highest BCUT2D eigenvalue weighted by molar-refractivity contribution is 6.37. The third kappa shape index (κ3) is 3.26. The first-order chi connectivity index (χ1) is 9.92. The van der Waals surface area contributed by atoms with Crippen molar-refractivity contribution >= 4 is 40.3 Å². The van der Waals surface area contributed by atoms with E-state index in [1.807, 2.05) is 0 Å². The summed E-state index contributed by atoms with van der Waals surface area (Å²) in [5, 5.41) is 13.9. The van der Waals surface area contributed by atoms with Gasteiger partial charge in [0.05, 0.1) is 15.0 Å². The van der Waals surface area contributed by atoms with E-state index in [2.05, 4.69) is 10.3 Å². The molecule has 9 heteroatoms. The molecule has 2 rings (SSSR count). The molecule has 1 aromatic heterocycles. The molecule has 0 radical (unpaired) electrons. The lowest BCUT2D eigenvalue weighted by Gasteiger charge is -2.10. The normalized spacial score (nSPS) is 10.2. The van der Waals surface area contributed by atoms with Gasteiger partial charge in [-0.3, -0.25) is 10.1 Å². The zero-order valence-electron chi connectivity index (χ0n) is 10.8. The predicted molar refractivity (Wildman–Crippen MR) is 81.4 cm³/mol. The minimum atomic E-state index is -0.550. The summed E-state index contributed by atoms with van der Waals surface area (Å²) in [5.74, 6) is 0.287. The number of ether oxygens (including phenoxy) is 1. The van der Waals surface area contributed by atoms with Crippen molar-refractivity contribution in [3.8, 4) is 11.6 Å². The highest BCUT2D eigenvalue weighted by atomic mass is 35.5. The van der Waals surface area contributed by atoms with Crippen molar-refractivity contribution in [1.29, 1.82) is 0 Å². The smallest absolute Gasteiger partial charge is 0.310 e. The molecule has 0 aliphatic heterocycles. The van der Waals surface area contributed by atoms with Crippen LogP contribution in [0.15, 0.2) is 24.4 Å². The van der Waals surface area contributed by atoms with E-state index in [0.717, 1.165) is 6.20 Å². The van der Waals surface area contributed by atoms with E-state index in [9.17, 15) is 10.1 Å². The lowest BCUT2D eigenvalue weighted by Crippen LogP contribution is -1.99. The standard InChI is InChI=1S/C12H10Cl2N4O3/c1-16-9-4-11(17-5-10(9)18(19)20)21-12-7(13)2-6(15)3-8(12)14/h2-5H,15H2,1H3,(H,16,17). The van der Waals surface area contributed by atoms with E-state index in [-0.39, 0.29) is 33.0 Å². The highest BCUT2D eigenvalue weighted by Gasteiger charge is 2.17. The molecule has 0 aliphatic rings. The van der Waals surface area contributed by atoms with Crippen LogP contribution in [0, 0.1) is 10.1 Å². The number of hydrogen-bond donors (Lipinski definition) is 2. The summed E-state index contributed by atoms with van der Waals surface area (Å²) in [5.41, 5.74) is 6.08. The molecule has 0 spiro atoms. The van der Waals surface area contributed by atoms with Gasteiger partial charge in [-0.1, -0.05) is 23.2 Å². The molecular formula is C12H10Cl2N4O3. The fourth-order valence-electron chi connectivity index (χ4n) is 1.61. The summed E-state index contributed by atoms with van der Waals surface area (Å²) >= 11 is 12.0. The van der Waals surface area contributed by atoms with Crippen LogP contribution >= 0.6 is 23.2 Å². The fourth-order valence-corrected chi connectivity index (χ4v) is 2.19. The van der Waals surface area contributed by atoms with Gasteiger partial charge in [-0.15, -0.1) is 0 Å². The van der Waals surface area contributed by atoms with Gasteiger partial charge in [0.2, 0.25) is 5.88 Å². The van der Waals surface area contributed by atoms with Gasteiger partial charge in [-0.05, 0) is 12.1 Å². The van der Waals surface area contributed by atoms with Crippen LogP contribution in [0.25, 0.3) is 0 Å². The van der Waals surface area contributed by atoms with Crippen molar-refractivity contribution in [2.75, 3.05) is 18.1 Å². The molecule has 2 aromatic rings. The van der Waals surface area contributed by atoms with Crippen LogP contribution in [0.3, 0.4) is 0 Å². The predicted octanol–water partition coefficient (Wildman–Crippen LogP) is 3.71. The van der Waals surface area contributed by atoms with Crippen LogP contribution in [-0.4, -0.2) is 17.0 Å². The summed E-state index contributed by atoms with van der Waals surface area (Å²) in [4.78, 5) is 14.1. The van der Waals surface area contributed by atoms with E-state index >= 15 is 0 Å². The number of nitrogens with two attached hydrogens (primary N) is 1. The molecule has 0 amide bonds. The van der Waals surface area contributed by atoms with Gasteiger partial charge < -0.3 is 15.8 Å². The van der Waals surface area contributed by atoms with Gasteiger partial charge in [0.25, 0.3) is 0 Å². The van der Waals surface area contributed by atoms with Gasteiger partial charge in [-0.25, -0.2) is 4.98 Å². The van der Waals surface area contributed by atoms with E-state index in [4.69, 9.17) is 33.7 Å². The zero-order chi connectivity index (χ0) is 15.6. The van der Waals surface area contributed by atoms with Gasteiger partial charge in [-0.2, -0.15) is 0 Å². The van der Waals surface area contributed by atoms with Crippen molar-refractivity contribution in [3.05, 3.63) is 44.6 Å². The number of nitro groups is 1. The fraction of sp³-hybridized carbons (Fsp3) is 0.0833. The minimum absolute atomic E-state index is 0.110. The molecule has 0 aliphatic carbocycles. The Labute approximate surface area is 129 Å². The Bertz CT molecular complexity index is 686. The molecule has 1 aromatic carbocycles. The van der Waals surface area contributed by atoms with Crippen LogP contribution in [0.4, 0.5) is 17.1 Å². The summed E-state index contributed by atoms with van der Waals surface area (Å²) in [6, 6.07) is 4.33. The van der Waals surface area contributed by atoms with Gasteiger partial charge >= 0.3 is 5.69 Å².